The molecule has 1 aromatic carbocycles. The Labute approximate surface area is 145 Å². The van der Waals surface area contributed by atoms with Crippen LogP contribution in [0.25, 0.3) is 6.08 Å². The van der Waals surface area contributed by atoms with Crippen LogP contribution in [0.5, 0.6) is 0 Å². The number of Topliss-reactive ketones (excluding diaryl/α,β-unsaturated/α-hetero) is 1. The van der Waals surface area contributed by atoms with Gasteiger partial charge in [-0.25, -0.2) is 0 Å². The molecule has 2 heterocycles. The predicted molar refractivity (Wildman–Crippen MR) is 95.6 cm³/mol. The van der Waals surface area contributed by atoms with E-state index in [1.807, 2.05) is 37.3 Å². The molecule has 25 heavy (non-hydrogen) atoms. The normalized spacial score (nSPS) is 10.6. The van der Waals surface area contributed by atoms with Crippen molar-refractivity contribution in [3.63, 3.8) is 0 Å². The molecule has 0 bridgehead atoms. The van der Waals surface area contributed by atoms with Crippen LogP contribution in [-0.4, -0.2) is 15.5 Å². The molecule has 0 saturated carbocycles. The van der Waals surface area contributed by atoms with Gasteiger partial charge in [-0.3, -0.25) is 9.59 Å². The largest absolute Gasteiger partial charge is 0.360 e. The predicted octanol–water partition coefficient (Wildman–Crippen LogP) is 3.26. The summed E-state index contributed by atoms with van der Waals surface area (Å²) in [5.74, 6) is 0.394. The highest BCUT2D eigenvalue weighted by molar-refractivity contribution is 5.95. The van der Waals surface area contributed by atoms with E-state index in [2.05, 4.69) is 11.7 Å². The summed E-state index contributed by atoms with van der Waals surface area (Å²) < 4.78 is 6.71. The SMILES string of the molecule is C=Cc1ccc(=O)n(CC(=O)c2noc(Cc3ccccc3)c2C)c1. The van der Waals surface area contributed by atoms with Gasteiger partial charge in [0, 0.05) is 24.2 Å². The topological polar surface area (TPSA) is 65.1 Å². The first-order valence-electron chi connectivity index (χ1n) is 7.93. The van der Waals surface area contributed by atoms with Crippen LogP contribution in [0.15, 0.2) is 64.6 Å². The van der Waals surface area contributed by atoms with E-state index in [-0.39, 0.29) is 23.6 Å². The second kappa shape index (κ2) is 7.13. The zero-order valence-electron chi connectivity index (χ0n) is 13.9. The average Bonchev–Trinajstić information content (AvgIpc) is 2.98. The van der Waals surface area contributed by atoms with E-state index >= 15 is 0 Å². The highest BCUT2D eigenvalue weighted by atomic mass is 16.5. The van der Waals surface area contributed by atoms with Crippen LogP contribution in [0.1, 0.15) is 32.9 Å². The Morgan fingerprint density at radius 3 is 2.72 bits per heavy atom. The number of carbonyl (C=O) groups is 1. The Hall–Kier alpha value is -3.21. The van der Waals surface area contributed by atoms with Crippen molar-refractivity contribution in [2.75, 3.05) is 0 Å². The summed E-state index contributed by atoms with van der Waals surface area (Å²) in [6, 6.07) is 12.9. The quantitative estimate of drug-likeness (QED) is 0.649. The summed E-state index contributed by atoms with van der Waals surface area (Å²) in [6.07, 6.45) is 3.80. The third-order valence-electron chi connectivity index (χ3n) is 4.05. The molecule has 0 aliphatic carbocycles. The van der Waals surface area contributed by atoms with Gasteiger partial charge in [0.05, 0.1) is 6.54 Å². The van der Waals surface area contributed by atoms with E-state index in [1.54, 1.807) is 18.3 Å². The van der Waals surface area contributed by atoms with E-state index < -0.39 is 0 Å². The maximum Gasteiger partial charge on any atom is 0.250 e. The molecule has 0 amide bonds. The van der Waals surface area contributed by atoms with E-state index in [0.717, 1.165) is 11.1 Å². The summed E-state index contributed by atoms with van der Waals surface area (Å²) in [5.41, 5.74) is 2.58. The molecule has 0 saturated heterocycles. The lowest BCUT2D eigenvalue weighted by atomic mass is 10.1. The van der Waals surface area contributed by atoms with Gasteiger partial charge in [0.1, 0.15) is 5.76 Å². The van der Waals surface area contributed by atoms with Gasteiger partial charge in [-0.15, -0.1) is 0 Å². The smallest absolute Gasteiger partial charge is 0.250 e. The zero-order chi connectivity index (χ0) is 17.8. The molecule has 126 valence electrons. The first-order valence-corrected chi connectivity index (χ1v) is 7.93. The Bertz CT molecular complexity index is 968. The highest BCUT2D eigenvalue weighted by Crippen LogP contribution is 2.18. The van der Waals surface area contributed by atoms with Crippen molar-refractivity contribution in [2.45, 2.75) is 19.9 Å². The fourth-order valence-electron chi connectivity index (χ4n) is 2.60. The average molecular weight is 334 g/mol. The van der Waals surface area contributed by atoms with Crippen LogP contribution >= 0.6 is 0 Å². The van der Waals surface area contributed by atoms with Gasteiger partial charge in [0.25, 0.3) is 5.56 Å². The number of ketones is 1. The highest BCUT2D eigenvalue weighted by Gasteiger charge is 2.19. The van der Waals surface area contributed by atoms with Gasteiger partial charge in [0.2, 0.25) is 5.78 Å². The maximum absolute atomic E-state index is 12.5. The van der Waals surface area contributed by atoms with Crippen LogP contribution < -0.4 is 5.56 Å². The number of nitrogens with zero attached hydrogens (tertiary/aromatic N) is 2. The lowest BCUT2D eigenvalue weighted by Gasteiger charge is -2.05. The van der Waals surface area contributed by atoms with Gasteiger partial charge >= 0.3 is 0 Å². The second-order valence-corrected chi connectivity index (χ2v) is 5.80. The Morgan fingerprint density at radius 1 is 1.24 bits per heavy atom. The lowest BCUT2D eigenvalue weighted by molar-refractivity contribution is 0.0961. The van der Waals surface area contributed by atoms with Gasteiger partial charge in [-0.1, -0.05) is 48.1 Å². The summed E-state index contributed by atoms with van der Waals surface area (Å²) >= 11 is 0. The number of carbonyl (C=O) groups excluding carboxylic acids is 1. The Balaban J connectivity index is 1.82. The van der Waals surface area contributed by atoms with Gasteiger partial charge < -0.3 is 9.09 Å². The fourth-order valence-corrected chi connectivity index (χ4v) is 2.60. The summed E-state index contributed by atoms with van der Waals surface area (Å²) in [6.45, 7) is 5.39. The standard InChI is InChI=1S/C20H18N2O3/c1-3-15-9-10-19(24)22(12-15)13-17(23)20-14(2)18(25-21-20)11-16-7-5-4-6-8-16/h3-10,12H,1,11,13H2,2H3. The van der Waals surface area contributed by atoms with Crippen LogP contribution in [0.4, 0.5) is 0 Å². The third kappa shape index (κ3) is 3.66. The summed E-state index contributed by atoms with van der Waals surface area (Å²) in [7, 11) is 0. The molecule has 3 rings (SSSR count). The number of rotatable bonds is 6. The van der Waals surface area contributed by atoms with Gasteiger partial charge in [-0.2, -0.15) is 0 Å². The van der Waals surface area contributed by atoms with Crippen LogP contribution in [0.3, 0.4) is 0 Å². The molecule has 3 aromatic rings. The molecule has 0 aliphatic heterocycles. The number of hydrogen-bond donors (Lipinski definition) is 0. The van der Waals surface area contributed by atoms with Crippen LogP contribution in [0.2, 0.25) is 0 Å². The van der Waals surface area contributed by atoms with E-state index in [9.17, 15) is 9.59 Å². The monoisotopic (exact) mass is 334 g/mol. The van der Waals surface area contributed by atoms with E-state index in [1.165, 1.54) is 10.6 Å². The van der Waals surface area contributed by atoms with Gasteiger partial charge in [0.15, 0.2) is 5.69 Å². The van der Waals surface area contributed by atoms with Crippen LogP contribution in [-0.2, 0) is 13.0 Å². The number of aromatic nitrogens is 2. The molecule has 0 spiro atoms. The molecule has 0 aliphatic rings. The molecule has 5 nitrogen and oxygen atoms in total. The van der Waals surface area contributed by atoms with Crippen LogP contribution in [0, 0.1) is 6.92 Å². The minimum Gasteiger partial charge on any atom is -0.360 e. The number of pyridine rings is 1. The summed E-state index contributed by atoms with van der Waals surface area (Å²) in [4.78, 5) is 24.5. The first-order chi connectivity index (χ1) is 12.1. The molecule has 0 unspecified atom stereocenters. The molecule has 0 radical (unpaired) electrons. The maximum atomic E-state index is 12.5. The van der Waals surface area contributed by atoms with Crippen molar-refractivity contribution < 1.29 is 9.32 Å². The second-order valence-electron chi connectivity index (χ2n) is 5.80. The van der Waals surface area contributed by atoms with Crippen molar-refractivity contribution in [1.29, 1.82) is 0 Å². The van der Waals surface area contributed by atoms with Crippen molar-refractivity contribution in [2.24, 2.45) is 0 Å². The molecule has 0 atom stereocenters. The molecule has 0 N–H and O–H groups in total. The molecular formula is C20H18N2O3. The third-order valence-corrected chi connectivity index (χ3v) is 4.05. The number of hydrogen-bond acceptors (Lipinski definition) is 4. The van der Waals surface area contributed by atoms with Crippen molar-refractivity contribution in [3.05, 3.63) is 93.7 Å². The summed E-state index contributed by atoms with van der Waals surface area (Å²) in [5, 5.41) is 3.92. The molecule has 2 aromatic heterocycles. The van der Waals surface area contributed by atoms with E-state index in [4.69, 9.17) is 4.52 Å². The first kappa shape index (κ1) is 16.6. The van der Waals surface area contributed by atoms with Crippen molar-refractivity contribution in [1.82, 2.24) is 9.72 Å². The van der Waals surface area contributed by atoms with Gasteiger partial charge in [-0.05, 0) is 24.1 Å². The minimum absolute atomic E-state index is 0.0847. The molecular weight excluding hydrogens is 316 g/mol. The Morgan fingerprint density at radius 2 is 2.00 bits per heavy atom. The number of benzene rings is 1. The molecule has 5 heteroatoms. The lowest BCUT2D eigenvalue weighted by Crippen LogP contribution is -2.23. The Kier molecular flexibility index (Phi) is 4.75. The fraction of sp³-hybridized carbons (Fsp3) is 0.150. The van der Waals surface area contributed by atoms with Crippen molar-refractivity contribution in [3.8, 4) is 0 Å². The molecule has 0 fully saturated rings. The minimum atomic E-state index is -0.260. The van der Waals surface area contributed by atoms with E-state index in [0.29, 0.717) is 17.7 Å². The van der Waals surface area contributed by atoms with Crippen molar-refractivity contribution >= 4 is 11.9 Å². The zero-order valence-corrected chi connectivity index (χ0v) is 13.9.